The highest BCUT2D eigenvalue weighted by Crippen LogP contribution is 2.12. The standard InChI is InChI=1S/C12H21N3O2/c1-6-14-12(4,5)11(16)13-7-10-8(2)15-17-9(10)3/h14H,6-7H2,1-5H3,(H,13,16). The zero-order valence-corrected chi connectivity index (χ0v) is 11.2. The van der Waals surface area contributed by atoms with Crippen LogP contribution in [0.2, 0.25) is 0 Å². The van der Waals surface area contributed by atoms with Gasteiger partial charge in [0, 0.05) is 12.1 Å². The molecule has 17 heavy (non-hydrogen) atoms. The Kier molecular flexibility index (Phi) is 4.28. The molecule has 0 unspecified atom stereocenters. The Morgan fingerprint density at radius 1 is 1.41 bits per heavy atom. The number of aromatic nitrogens is 1. The zero-order chi connectivity index (χ0) is 13.1. The number of amides is 1. The molecule has 0 saturated heterocycles. The molecule has 0 aliphatic carbocycles. The summed E-state index contributed by atoms with van der Waals surface area (Å²) in [6.07, 6.45) is 0. The van der Waals surface area contributed by atoms with Crippen molar-refractivity contribution in [3.63, 3.8) is 0 Å². The molecule has 0 aliphatic heterocycles. The van der Waals surface area contributed by atoms with Gasteiger partial charge < -0.3 is 15.2 Å². The van der Waals surface area contributed by atoms with Gasteiger partial charge in [-0.05, 0) is 34.2 Å². The molecule has 1 amide bonds. The summed E-state index contributed by atoms with van der Waals surface area (Å²) >= 11 is 0. The Hall–Kier alpha value is -1.36. The first-order valence-electron chi connectivity index (χ1n) is 5.83. The minimum absolute atomic E-state index is 0.0284. The lowest BCUT2D eigenvalue weighted by Gasteiger charge is -2.24. The number of likely N-dealkylation sites (N-methyl/N-ethyl adjacent to an activating group) is 1. The Morgan fingerprint density at radius 2 is 2.06 bits per heavy atom. The summed E-state index contributed by atoms with van der Waals surface area (Å²) in [7, 11) is 0. The number of rotatable bonds is 5. The van der Waals surface area contributed by atoms with Gasteiger partial charge in [0.2, 0.25) is 5.91 Å². The number of hydrogen-bond donors (Lipinski definition) is 2. The van der Waals surface area contributed by atoms with Crippen molar-refractivity contribution in [2.75, 3.05) is 6.54 Å². The molecule has 1 rings (SSSR count). The summed E-state index contributed by atoms with van der Waals surface area (Å²) in [5, 5.41) is 9.87. The van der Waals surface area contributed by atoms with Gasteiger partial charge in [-0.1, -0.05) is 12.1 Å². The maximum absolute atomic E-state index is 11.9. The summed E-state index contributed by atoms with van der Waals surface area (Å²) < 4.78 is 5.04. The van der Waals surface area contributed by atoms with Crippen LogP contribution in [0, 0.1) is 13.8 Å². The van der Waals surface area contributed by atoms with Crippen LogP contribution in [0.5, 0.6) is 0 Å². The first kappa shape index (κ1) is 13.7. The van der Waals surface area contributed by atoms with E-state index < -0.39 is 5.54 Å². The normalized spacial score (nSPS) is 11.6. The van der Waals surface area contributed by atoms with E-state index in [1.807, 2.05) is 34.6 Å². The van der Waals surface area contributed by atoms with E-state index in [0.717, 1.165) is 23.6 Å². The van der Waals surface area contributed by atoms with Crippen LogP contribution < -0.4 is 10.6 Å². The fourth-order valence-electron chi connectivity index (χ4n) is 1.67. The average Bonchev–Trinajstić information content (AvgIpc) is 2.55. The molecule has 0 atom stereocenters. The molecule has 0 bridgehead atoms. The van der Waals surface area contributed by atoms with Crippen LogP contribution in [0.4, 0.5) is 0 Å². The summed E-state index contributed by atoms with van der Waals surface area (Å²) in [6.45, 7) is 10.6. The summed E-state index contributed by atoms with van der Waals surface area (Å²) in [5.41, 5.74) is 1.21. The van der Waals surface area contributed by atoms with E-state index in [2.05, 4.69) is 15.8 Å². The molecule has 0 spiro atoms. The Bertz CT molecular complexity index is 377. The summed E-state index contributed by atoms with van der Waals surface area (Å²) in [6, 6.07) is 0. The van der Waals surface area contributed by atoms with E-state index in [9.17, 15) is 4.79 Å². The van der Waals surface area contributed by atoms with Gasteiger partial charge in [-0.25, -0.2) is 0 Å². The fraction of sp³-hybridized carbons (Fsp3) is 0.667. The molecule has 0 radical (unpaired) electrons. The summed E-state index contributed by atoms with van der Waals surface area (Å²) in [4.78, 5) is 11.9. The van der Waals surface area contributed by atoms with E-state index in [1.54, 1.807) is 0 Å². The number of carbonyl (C=O) groups excluding carboxylic acids is 1. The van der Waals surface area contributed by atoms with Crippen molar-refractivity contribution in [2.45, 2.75) is 46.7 Å². The second-order valence-corrected chi connectivity index (χ2v) is 4.64. The van der Waals surface area contributed by atoms with Crippen molar-refractivity contribution in [3.05, 3.63) is 17.0 Å². The quantitative estimate of drug-likeness (QED) is 0.812. The molecule has 2 N–H and O–H groups in total. The molecule has 0 saturated carbocycles. The van der Waals surface area contributed by atoms with Crippen LogP contribution >= 0.6 is 0 Å². The molecule has 5 nitrogen and oxygen atoms in total. The van der Waals surface area contributed by atoms with Gasteiger partial charge in [0.05, 0.1) is 11.2 Å². The Morgan fingerprint density at radius 3 is 2.53 bits per heavy atom. The number of hydrogen-bond acceptors (Lipinski definition) is 4. The second kappa shape index (κ2) is 5.31. The van der Waals surface area contributed by atoms with Crippen molar-refractivity contribution < 1.29 is 9.32 Å². The smallest absolute Gasteiger partial charge is 0.239 e. The first-order valence-corrected chi connectivity index (χ1v) is 5.83. The van der Waals surface area contributed by atoms with Crippen LogP contribution in [0.3, 0.4) is 0 Å². The van der Waals surface area contributed by atoms with Crippen LogP contribution in [0.1, 0.15) is 37.8 Å². The number of aryl methyl sites for hydroxylation is 2. The van der Waals surface area contributed by atoms with E-state index in [4.69, 9.17) is 4.52 Å². The maximum atomic E-state index is 11.9. The minimum Gasteiger partial charge on any atom is -0.361 e. The molecule has 1 aromatic rings. The molecule has 0 fully saturated rings. The summed E-state index contributed by atoms with van der Waals surface area (Å²) in [5.74, 6) is 0.725. The molecular weight excluding hydrogens is 218 g/mol. The van der Waals surface area contributed by atoms with Crippen molar-refractivity contribution in [2.24, 2.45) is 0 Å². The third-order valence-corrected chi connectivity index (χ3v) is 2.79. The molecule has 0 aromatic carbocycles. The molecule has 96 valence electrons. The van der Waals surface area contributed by atoms with Gasteiger partial charge in [0.15, 0.2) is 0 Å². The van der Waals surface area contributed by atoms with Crippen molar-refractivity contribution in [1.29, 1.82) is 0 Å². The van der Waals surface area contributed by atoms with Crippen molar-refractivity contribution in [1.82, 2.24) is 15.8 Å². The van der Waals surface area contributed by atoms with Crippen molar-refractivity contribution >= 4 is 5.91 Å². The monoisotopic (exact) mass is 239 g/mol. The van der Waals surface area contributed by atoms with E-state index in [-0.39, 0.29) is 5.91 Å². The van der Waals surface area contributed by atoms with Crippen LogP contribution in [0.25, 0.3) is 0 Å². The highest BCUT2D eigenvalue weighted by atomic mass is 16.5. The lowest BCUT2D eigenvalue weighted by Crippen LogP contribution is -2.52. The first-order chi connectivity index (χ1) is 7.88. The van der Waals surface area contributed by atoms with Crippen molar-refractivity contribution in [3.8, 4) is 0 Å². The molecular formula is C12H21N3O2. The lowest BCUT2D eigenvalue weighted by molar-refractivity contribution is -0.126. The average molecular weight is 239 g/mol. The van der Waals surface area contributed by atoms with E-state index in [1.165, 1.54) is 0 Å². The SMILES string of the molecule is CCNC(C)(C)C(=O)NCc1c(C)noc1C. The fourth-order valence-corrected chi connectivity index (χ4v) is 1.67. The van der Waals surface area contributed by atoms with Gasteiger partial charge >= 0.3 is 0 Å². The van der Waals surface area contributed by atoms with Gasteiger partial charge in [-0.15, -0.1) is 0 Å². The molecule has 1 heterocycles. The molecule has 0 aliphatic rings. The van der Waals surface area contributed by atoms with Gasteiger partial charge in [-0.3, -0.25) is 4.79 Å². The Labute approximate surface area is 102 Å². The third-order valence-electron chi connectivity index (χ3n) is 2.79. The predicted molar refractivity (Wildman–Crippen MR) is 65.6 cm³/mol. The van der Waals surface area contributed by atoms with Gasteiger partial charge in [-0.2, -0.15) is 0 Å². The van der Waals surface area contributed by atoms with Crippen LogP contribution in [-0.4, -0.2) is 23.1 Å². The van der Waals surface area contributed by atoms with E-state index in [0.29, 0.717) is 6.54 Å². The predicted octanol–water partition coefficient (Wildman–Crippen LogP) is 1.30. The third kappa shape index (κ3) is 3.30. The molecule has 1 aromatic heterocycles. The lowest BCUT2D eigenvalue weighted by atomic mass is 10.0. The topological polar surface area (TPSA) is 67.2 Å². The second-order valence-electron chi connectivity index (χ2n) is 4.64. The number of carbonyl (C=O) groups is 1. The van der Waals surface area contributed by atoms with Crippen LogP contribution in [-0.2, 0) is 11.3 Å². The maximum Gasteiger partial charge on any atom is 0.239 e. The zero-order valence-electron chi connectivity index (χ0n) is 11.2. The van der Waals surface area contributed by atoms with Gasteiger partial charge in [0.25, 0.3) is 0 Å². The van der Waals surface area contributed by atoms with Gasteiger partial charge in [0.1, 0.15) is 5.76 Å². The minimum atomic E-state index is -0.562. The highest BCUT2D eigenvalue weighted by Gasteiger charge is 2.26. The Balaban J connectivity index is 2.60. The highest BCUT2D eigenvalue weighted by molar-refractivity contribution is 5.85. The number of nitrogens with zero attached hydrogens (tertiary/aromatic N) is 1. The van der Waals surface area contributed by atoms with Crippen LogP contribution in [0.15, 0.2) is 4.52 Å². The number of nitrogens with one attached hydrogen (secondary N) is 2. The largest absolute Gasteiger partial charge is 0.361 e. The molecule has 5 heteroatoms. The van der Waals surface area contributed by atoms with E-state index >= 15 is 0 Å².